The normalized spacial score (nSPS) is 19.4. The second-order valence-corrected chi connectivity index (χ2v) is 6.02. The summed E-state index contributed by atoms with van der Waals surface area (Å²) in [4.78, 5) is 11.2. The molecule has 1 aliphatic heterocycles. The molecule has 1 aromatic rings. The highest BCUT2D eigenvalue weighted by atomic mass is 19.1. The summed E-state index contributed by atoms with van der Waals surface area (Å²) in [6, 6.07) is 4.39. The summed E-state index contributed by atoms with van der Waals surface area (Å²) in [5, 5.41) is 2.50. The van der Waals surface area contributed by atoms with Gasteiger partial charge in [-0.2, -0.15) is 0 Å². The monoisotopic (exact) mass is 291 g/mol. The van der Waals surface area contributed by atoms with Gasteiger partial charge in [0, 0.05) is 11.2 Å². The van der Waals surface area contributed by atoms with E-state index >= 15 is 0 Å². The molecule has 0 atom stereocenters. The van der Waals surface area contributed by atoms with Gasteiger partial charge in [-0.3, -0.25) is 4.79 Å². The van der Waals surface area contributed by atoms with Gasteiger partial charge in [0.15, 0.2) is 0 Å². The van der Waals surface area contributed by atoms with Crippen molar-refractivity contribution < 1.29 is 18.5 Å². The van der Waals surface area contributed by atoms with Gasteiger partial charge in [0.05, 0.1) is 11.2 Å². The van der Waals surface area contributed by atoms with Crippen LogP contribution in [0.15, 0.2) is 30.9 Å². The molecule has 0 spiro atoms. The summed E-state index contributed by atoms with van der Waals surface area (Å²) in [5.41, 5.74) is -0.387. The molecule has 1 N–H and O–H groups in total. The van der Waals surface area contributed by atoms with Crippen molar-refractivity contribution in [3.8, 4) is 0 Å². The highest BCUT2D eigenvalue weighted by Gasteiger charge is 2.52. The first-order valence-corrected chi connectivity index (χ1v) is 6.75. The molecule has 1 aliphatic rings. The molecule has 1 heterocycles. The standard InChI is InChI=1S/C15H19BFNO3/c1-6-13(19)18-10-7-8-11(12(17)9-10)16-20-14(2,3)15(4,5)21-16/h6-9H,1H2,2-5H3,(H,18,19). The molecule has 0 unspecified atom stereocenters. The van der Waals surface area contributed by atoms with Crippen LogP contribution in [0.3, 0.4) is 0 Å². The molecule has 0 radical (unpaired) electrons. The number of benzene rings is 1. The van der Waals surface area contributed by atoms with Gasteiger partial charge in [-0.15, -0.1) is 0 Å². The Kier molecular flexibility index (Phi) is 3.95. The van der Waals surface area contributed by atoms with E-state index in [4.69, 9.17) is 9.31 Å². The van der Waals surface area contributed by atoms with Gasteiger partial charge in [-0.25, -0.2) is 4.39 Å². The van der Waals surface area contributed by atoms with Crippen molar-refractivity contribution in [2.75, 3.05) is 5.32 Å². The molecule has 1 aromatic carbocycles. The minimum atomic E-state index is -0.765. The van der Waals surface area contributed by atoms with Gasteiger partial charge in [0.2, 0.25) is 5.91 Å². The molecule has 1 fully saturated rings. The van der Waals surface area contributed by atoms with E-state index in [0.29, 0.717) is 11.2 Å². The van der Waals surface area contributed by atoms with Gasteiger partial charge in [0.25, 0.3) is 0 Å². The SMILES string of the molecule is C=CC(=O)Nc1ccc(B2OC(C)(C)C(C)(C)O2)c(F)c1. The fourth-order valence-corrected chi connectivity index (χ4v) is 1.96. The Morgan fingerprint density at radius 2 is 1.86 bits per heavy atom. The Labute approximate surface area is 124 Å². The van der Waals surface area contributed by atoms with E-state index in [2.05, 4.69) is 11.9 Å². The lowest BCUT2D eigenvalue weighted by Gasteiger charge is -2.32. The number of carbonyl (C=O) groups excluding carboxylic acids is 1. The minimum Gasteiger partial charge on any atom is -0.399 e. The lowest BCUT2D eigenvalue weighted by Crippen LogP contribution is -2.41. The summed E-state index contributed by atoms with van der Waals surface area (Å²) >= 11 is 0. The number of amides is 1. The van der Waals surface area contributed by atoms with Gasteiger partial charge in [-0.1, -0.05) is 12.6 Å². The second kappa shape index (κ2) is 5.28. The van der Waals surface area contributed by atoms with Crippen LogP contribution in [0.25, 0.3) is 0 Å². The topological polar surface area (TPSA) is 47.6 Å². The van der Waals surface area contributed by atoms with Crippen LogP contribution in [0.4, 0.5) is 10.1 Å². The fraction of sp³-hybridized carbons (Fsp3) is 0.400. The Balaban J connectivity index is 2.23. The second-order valence-electron chi connectivity index (χ2n) is 6.02. The molecule has 0 saturated carbocycles. The van der Waals surface area contributed by atoms with Crippen LogP contribution in [0.1, 0.15) is 27.7 Å². The quantitative estimate of drug-likeness (QED) is 0.686. The third-order valence-corrected chi connectivity index (χ3v) is 3.96. The zero-order valence-corrected chi connectivity index (χ0v) is 12.7. The zero-order valence-electron chi connectivity index (χ0n) is 12.7. The molecule has 0 bridgehead atoms. The van der Waals surface area contributed by atoms with Crippen molar-refractivity contribution in [3.05, 3.63) is 36.7 Å². The third-order valence-electron chi connectivity index (χ3n) is 3.96. The van der Waals surface area contributed by atoms with Crippen LogP contribution in [-0.4, -0.2) is 24.2 Å². The van der Waals surface area contributed by atoms with E-state index in [-0.39, 0.29) is 0 Å². The number of rotatable bonds is 3. The summed E-state index contributed by atoms with van der Waals surface area (Å²) in [7, 11) is -0.765. The first-order valence-electron chi connectivity index (χ1n) is 6.75. The first-order chi connectivity index (χ1) is 9.66. The van der Waals surface area contributed by atoms with Crippen molar-refractivity contribution in [2.45, 2.75) is 38.9 Å². The smallest absolute Gasteiger partial charge is 0.399 e. The maximum absolute atomic E-state index is 14.2. The van der Waals surface area contributed by atoms with Crippen molar-refractivity contribution in [3.63, 3.8) is 0 Å². The summed E-state index contributed by atoms with van der Waals surface area (Å²) in [6.45, 7) is 11.0. The van der Waals surface area contributed by atoms with Gasteiger partial charge >= 0.3 is 7.12 Å². The highest BCUT2D eigenvalue weighted by molar-refractivity contribution is 6.62. The fourth-order valence-electron chi connectivity index (χ4n) is 1.96. The van der Waals surface area contributed by atoms with Crippen LogP contribution in [0, 0.1) is 5.82 Å². The van der Waals surface area contributed by atoms with E-state index < -0.39 is 30.0 Å². The van der Waals surface area contributed by atoms with Crippen LogP contribution < -0.4 is 10.8 Å². The molecular formula is C15H19BFNO3. The Bertz CT molecular complexity index is 570. The minimum absolute atomic E-state index is 0.310. The average molecular weight is 291 g/mol. The molecular weight excluding hydrogens is 272 g/mol. The third kappa shape index (κ3) is 3.01. The van der Waals surface area contributed by atoms with Crippen LogP contribution >= 0.6 is 0 Å². The summed E-state index contributed by atoms with van der Waals surface area (Å²) in [5.74, 6) is -0.881. The first kappa shape index (κ1) is 15.7. The van der Waals surface area contributed by atoms with E-state index in [1.54, 1.807) is 12.1 Å². The molecule has 4 nitrogen and oxygen atoms in total. The van der Waals surface area contributed by atoms with E-state index in [1.165, 1.54) is 6.07 Å². The highest BCUT2D eigenvalue weighted by Crippen LogP contribution is 2.36. The molecule has 1 saturated heterocycles. The summed E-state index contributed by atoms with van der Waals surface area (Å²) < 4.78 is 25.8. The van der Waals surface area contributed by atoms with Crippen molar-refractivity contribution in [1.29, 1.82) is 0 Å². The number of hydrogen-bond acceptors (Lipinski definition) is 3. The van der Waals surface area contributed by atoms with E-state index in [1.807, 2.05) is 27.7 Å². The van der Waals surface area contributed by atoms with Gasteiger partial charge in [0.1, 0.15) is 5.82 Å². The Morgan fingerprint density at radius 3 is 2.33 bits per heavy atom. The maximum Gasteiger partial charge on any atom is 0.497 e. The molecule has 112 valence electrons. The van der Waals surface area contributed by atoms with Gasteiger partial charge < -0.3 is 14.6 Å². The molecule has 2 rings (SSSR count). The van der Waals surface area contributed by atoms with Crippen LogP contribution in [0.2, 0.25) is 0 Å². The molecule has 1 amide bonds. The number of hydrogen-bond donors (Lipinski definition) is 1. The molecule has 0 aliphatic carbocycles. The zero-order chi connectivity index (χ0) is 15.8. The van der Waals surface area contributed by atoms with E-state index in [9.17, 15) is 9.18 Å². The number of nitrogens with one attached hydrogen (secondary N) is 1. The van der Waals surface area contributed by atoms with Crippen molar-refractivity contribution in [2.24, 2.45) is 0 Å². The van der Waals surface area contributed by atoms with Crippen molar-refractivity contribution >= 4 is 24.2 Å². The Hall–Kier alpha value is -1.66. The molecule has 6 heteroatoms. The number of halogens is 1. The number of carbonyl (C=O) groups is 1. The van der Waals surface area contributed by atoms with Crippen molar-refractivity contribution in [1.82, 2.24) is 0 Å². The van der Waals surface area contributed by atoms with Crippen LogP contribution in [-0.2, 0) is 14.1 Å². The lowest BCUT2D eigenvalue weighted by molar-refractivity contribution is -0.111. The van der Waals surface area contributed by atoms with Gasteiger partial charge in [-0.05, 0) is 45.9 Å². The molecule has 0 aromatic heterocycles. The largest absolute Gasteiger partial charge is 0.497 e. The van der Waals surface area contributed by atoms with Crippen LogP contribution in [0.5, 0.6) is 0 Å². The Morgan fingerprint density at radius 1 is 1.29 bits per heavy atom. The summed E-state index contributed by atoms with van der Waals surface area (Å²) in [6.07, 6.45) is 1.13. The van der Waals surface area contributed by atoms with E-state index in [0.717, 1.165) is 6.08 Å². The predicted octanol–water partition coefficient (Wildman–Crippen LogP) is 2.25. The maximum atomic E-state index is 14.2. The average Bonchev–Trinajstić information content (AvgIpc) is 2.58. The number of anilines is 1. The predicted molar refractivity (Wildman–Crippen MR) is 80.9 cm³/mol. The lowest BCUT2D eigenvalue weighted by atomic mass is 9.78. The molecule has 21 heavy (non-hydrogen) atoms.